The fourth-order valence-corrected chi connectivity index (χ4v) is 4.30. The Labute approximate surface area is 146 Å². The first kappa shape index (κ1) is 18.0. The number of urea groups is 1. The third kappa shape index (κ3) is 5.09. The molecule has 1 N–H and O–H groups in total. The first-order chi connectivity index (χ1) is 11.7. The zero-order valence-electron chi connectivity index (χ0n) is 15.2. The highest BCUT2D eigenvalue weighted by Gasteiger charge is 2.27. The van der Waals surface area contributed by atoms with Crippen molar-refractivity contribution in [1.29, 1.82) is 0 Å². The highest BCUT2D eigenvalue weighted by Crippen LogP contribution is 2.27. The summed E-state index contributed by atoms with van der Waals surface area (Å²) in [6, 6.07) is 0.513. The van der Waals surface area contributed by atoms with Crippen molar-refractivity contribution in [1.82, 2.24) is 10.2 Å². The summed E-state index contributed by atoms with van der Waals surface area (Å²) in [5.74, 6) is 0.793. The highest BCUT2D eigenvalue weighted by molar-refractivity contribution is 5.74. The topological polar surface area (TPSA) is 50.8 Å². The summed E-state index contributed by atoms with van der Waals surface area (Å²) < 4.78 is 11.6. The van der Waals surface area contributed by atoms with Crippen molar-refractivity contribution >= 4 is 6.03 Å². The van der Waals surface area contributed by atoms with Crippen molar-refractivity contribution in [3.63, 3.8) is 0 Å². The van der Waals surface area contributed by atoms with Gasteiger partial charge < -0.3 is 19.7 Å². The normalized spacial score (nSPS) is 32.0. The molecule has 1 aliphatic carbocycles. The maximum atomic E-state index is 12.5. The average molecular weight is 338 g/mol. The molecule has 1 saturated carbocycles. The lowest BCUT2D eigenvalue weighted by Gasteiger charge is -2.35. The van der Waals surface area contributed by atoms with Gasteiger partial charge in [0.25, 0.3) is 0 Å². The van der Waals surface area contributed by atoms with Gasteiger partial charge in [-0.3, -0.25) is 0 Å². The monoisotopic (exact) mass is 338 g/mol. The van der Waals surface area contributed by atoms with Gasteiger partial charge in [0.2, 0.25) is 0 Å². The second kappa shape index (κ2) is 9.04. The van der Waals surface area contributed by atoms with Crippen LogP contribution in [0.25, 0.3) is 0 Å². The molecule has 0 aromatic carbocycles. The van der Waals surface area contributed by atoms with Crippen LogP contribution in [0.2, 0.25) is 0 Å². The van der Waals surface area contributed by atoms with E-state index in [1.165, 1.54) is 19.3 Å². The third-order valence-electron chi connectivity index (χ3n) is 5.96. The molecular formula is C19H34N2O3. The van der Waals surface area contributed by atoms with E-state index in [1.54, 1.807) is 0 Å². The minimum Gasteiger partial charge on any atom is -0.376 e. The fourth-order valence-electron chi connectivity index (χ4n) is 4.30. The summed E-state index contributed by atoms with van der Waals surface area (Å²) in [5, 5.41) is 3.27. The minimum absolute atomic E-state index is 0.134. The van der Waals surface area contributed by atoms with Crippen molar-refractivity contribution in [2.24, 2.45) is 5.92 Å². The van der Waals surface area contributed by atoms with Crippen LogP contribution in [-0.2, 0) is 9.47 Å². The van der Waals surface area contributed by atoms with E-state index in [-0.39, 0.29) is 12.1 Å². The van der Waals surface area contributed by atoms with Gasteiger partial charge in [0.15, 0.2) is 0 Å². The van der Waals surface area contributed by atoms with Crippen molar-refractivity contribution < 1.29 is 14.3 Å². The van der Waals surface area contributed by atoms with Crippen molar-refractivity contribution in [3.8, 4) is 0 Å². The lowest BCUT2D eigenvalue weighted by molar-refractivity contribution is -0.0382. The van der Waals surface area contributed by atoms with E-state index in [9.17, 15) is 4.79 Å². The Morgan fingerprint density at radius 1 is 1.17 bits per heavy atom. The van der Waals surface area contributed by atoms with Gasteiger partial charge in [-0.05, 0) is 44.4 Å². The fraction of sp³-hybridized carbons (Fsp3) is 0.947. The van der Waals surface area contributed by atoms with E-state index in [0.717, 1.165) is 70.7 Å². The number of piperidine rings is 1. The molecule has 3 fully saturated rings. The van der Waals surface area contributed by atoms with Crippen LogP contribution in [0.1, 0.15) is 64.7 Å². The smallest absolute Gasteiger partial charge is 0.317 e. The largest absolute Gasteiger partial charge is 0.376 e. The maximum Gasteiger partial charge on any atom is 0.317 e. The van der Waals surface area contributed by atoms with Gasteiger partial charge in [-0.15, -0.1) is 0 Å². The number of carbonyl (C=O) groups is 1. The van der Waals surface area contributed by atoms with Gasteiger partial charge in [0.1, 0.15) is 0 Å². The first-order valence-corrected chi connectivity index (χ1v) is 10.0. The molecule has 2 amide bonds. The molecular weight excluding hydrogens is 304 g/mol. The van der Waals surface area contributed by atoms with Crippen LogP contribution in [0.15, 0.2) is 0 Å². The second-order valence-electron chi connectivity index (χ2n) is 7.74. The van der Waals surface area contributed by atoms with Crippen LogP contribution in [-0.4, -0.2) is 55.5 Å². The standard InChI is InChI=1S/C19H34N2O3/c1-2-15-5-3-6-16(13-15)20-19(22)21-10-8-17(9-11-21)24-14-18-7-4-12-23-18/h15-18H,2-14H2,1H3,(H,20,22)/t15-,16-,18-/m1/s1. The van der Waals surface area contributed by atoms with Crippen LogP contribution in [0.3, 0.4) is 0 Å². The summed E-state index contributed by atoms with van der Waals surface area (Å²) in [6.45, 7) is 5.48. The molecule has 0 spiro atoms. The first-order valence-electron chi connectivity index (χ1n) is 10.0. The third-order valence-corrected chi connectivity index (χ3v) is 5.96. The summed E-state index contributed by atoms with van der Waals surface area (Å²) >= 11 is 0. The lowest BCUT2D eigenvalue weighted by Crippen LogP contribution is -2.50. The second-order valence-corrected chi connectivity index (χ2v) is 7.74. The number of ether oxygens (including phenoxy) is 2. The SMILES string of the molecule is CC[C@@H]1CCC[C@@H](NC(=O)N2CCC(OC[C@H]3CCCO3)CC2)C1. The average Bonchev–Trinajstić information content (AvgIpc) is 3.14. The van der Waals surface area contributed by atoms with Crippen molar-refractivity contribution in [3.05, 3.63) is 0 Å². The molecule has 2 heterocycles. The van der Waals surface area contributed by atoms with E-state index in [0.29, 0.717) is 12.1 Å². The number of hydrogen-bond donors (Lipinski definition) is 1. The number of nitrogens with one attached hydrogen (secondary N) is 1. The Morgan fingerprint density at radius 2 is 2.00 bits per heavy atom. The maximum absolute atomic E-state index is 12.5. The Balaban J connectivity index is 1.34. The zero-order chi connectivity index (χ0) is 16.8. The molecule has 0 bridgehead atoms. The molecule has 138 valence electrons. The quantitative estimate of drug-likeness (QED) is 0.836. The molecule has 5 heteroatoms. The van der Waals surface area contributed by atoms with Gasteiger partial charge in [0.05, 0.1) is 18.8 Å². The number of rotatable bonds is 5. The van der Waals surface area contributed by atoms with E-state index in [4.69, 9.17) is 9.47 Å². The van der Waals surface area contributed by atoms with Gasteiger partial charge >= 0.3 is 6.03 Å². The van der Waals surface area contributed by atoms with Crippen molar-refractivity contribution in [2.75, 3.05) is 26.3 Å². The van der Waals surface area contributed by atoms with E-state index in [1.807, 2.05) is 4.90 Å². The van der Waals surface area contributed by atoms with E-state index in [2.05, 4.69) is 12.2 Å². The Hall–Kier alpha value is -0.810. The van der Waals surface area contributed by atoms with Crippen LogP contribution < -0.4 is 5.32 Å². The summed E-state index contributed by atoms with van der Waals surface area (Å²) in [7, 11) is 0. The van der Waals surface area contributed by atoms with Crippen molar-refractivity contribution in [2.45, 2.75) is 83.0 Å². The molecule has 0 radical (unpaired) electrons. The van der Waals surface area contributed by atoms with E-state index >= 15 is 0 Å². The molecule has 3 atom stereocenters. The predicted molar refractivity (Wildman–Crippen MR) is 94.1 cm³/mol. The molecule has 3 aliphatic rings. The summed E-state index contributed by atoms with van der Waals surface area (Å²) in [5.41, 5.74) is 0. The number of carbonyl (C=O) groups excluding carboxylic acids is 1. The highest BCUT2D eigenvalue weighted by atomic mass is 16.5. The number of nitrogens with zero attached hydrogens (tertiary/aromatic N) is 1. The predicted octanol–water partition coefficient (Wildman–Crippen LogP) is 3.32. The Kier molecular flexibility index (Phi) is 6.78. The Bertz CT molecular complexity index is 390. The minimum atomic E-state index is 0.134. The molecule has 0 unspecified atom stereocenters. The van der Waals surface area contributed by atoms with Gasteiger partial charge in [-0.2, -0.15) is 0 Å². The molecule has 5 nitrogen and oxygen atoms in total. The molecule has 0 aromatic rings. The zero-order valence-corrected chi connectivity index (χ0v) is 15.2. The van der Waals surface area contributed by atoms with Crippen LogP contribution in [0, 0.1) is 5.92 Å². The van der Waals surface area contributed by atoms with E-state index < -0.39 is 0 Å². The molecule has 2 saturated heterocycles. The lowest BCUT2D eigenvalue weighted by atomic mass is 9.84. The summed E-state index contributed by atoms with van der Waals surface area (Å²) in [4.78, 5) is 14.5. The number of likely N-dealkylation sites (tertiary alicyclic amines) is 1. The van der Waals surface area contributed by atoms with Gasteiger partial charge in [0, 0.05) is 25.7 Å². The molecule has 0 aromatic heterocycles. The van der Waals surface area contributed by atoms with Crippen LogP contribution in [0.4, 0.5) is 4.79 Å². The summed E-state index contributed by atoms with van der Waals surface area (Å²) in [6.07, 6.45) is 10.9. The molecule has 3 rings (SSSR count). The Morgan fingerprint density at radius 3 is 2.71 bits per heavy atom. The van der Waals surface area contributed by atoms with Crippen LogP contribution >= 0.6 is 0 Å². The van der Waals surface area contributed by atoms with Crippen LogP contribution in [0.5, 0.6) is 0 Å². The molecule has 2 aliphatic heterocycles. The number of hydrogen-bond acceptors (Lipinski definition) is 3. The number of amides is 2. The van der Waals surface area contributed by atoms with Gasteiger partial charge in [-0.1, -0.05) is 26.2 Å². The van der Waals surface area contributed by atoms with Gasteiger partial charge in [-0.25, -0.2) is 4.79 Å². The molecule has 24 heavy (non-hydrogen) atoms.